The molecule has 7 heteroatoms. The van der Waals surface area contributed by atoms with Crippen molar-refractivity contribution in [3.63, 3.8) is 0 Å². The molecule has 1 aromatic rings. The van der Waals surface area contributed by atoms with Gasteiger partial charge in [-0.25, -0.2) is 4.68 Å². The van der Waals surface area contributed by atoms with Crippen molar-refractivity contribution in [2.75, 3.05) is 5.73 Å². The van der Waals surface area contributed by atoms with E-state index in [1.165, 1.54) is 4.68 Å². The Hall–Kier alpha value is -1.63. The molecule has 0 saturated heterocycles. The summed E-state index contributed by atoms with van der Waals surface area (Å²) in [5.41, 5.74) is 5.39. The second-order valence-corrected chi connectivity index (χ2v) is 3.68. The molecule has 2 unspecified atom stereocenters. The maximum Gasteiger partial charge on any atom is 0.330 e. The molecule has 2 atom stereocenters. The lowest BCUT2D eigenvalue weighted by Crippen LogP contribution is -2.20. The molecule has 0 aliphatic heterocycles. The van der Waals surface area contributed by atoms with E-state index in [1.807, 2.05) is 0 Å². The number of nitro groups is 1. The Morgan fingerprint density at radius 2 is 2.40 bits per heavy atom. The van der Waals surface area contributed by atoms with Gasteiger partial charge in [-0.3, -0.25) is 10.1 Å². The summed E-state index contributed by atoms with van der Waals surface area (Å²) in [7, 11) is 0. The normalized spacial score (nSPS) is 25.7. The third-order valence-electron chi connectivity index (χ3n) is 2.77. The largest absolute Gasteiger partial charge is 0.391 e. The van der Waals surface area contributed by atoms with Crippen molar-refractivity contribution < 1.29 is 10.0 Å². The van der Waals surface area contributed by atoms with Gasteiger partial charge in [0, 0.05) is 0 Å². The van der Waals surface area contributed by atoms with Crippen LogP contribution < -0.4 is 5.73 Å². The van der Waals surface area contributed by atoms with Gasteiger partial charge in [-0.1, -0.05) is 0 Å². The van der Waals surface area contributed by atoms with Crippen molar-refractivity contribution in [1.82, 2.24) is 9.78 Å². The van der Waals surface area contributed by atoms with Gasteiger partial charge in [0.25, 0.3) is 0 Å². The average Bonchev–Trinajstić information content (AvgIpc) is 2.71. The molecule has 1 saturated carbocycles. The third kappa shape index (κ3) is 1.54. The Kier molecular flexibility index (Phi) is 2.31. The molecule has 1 fully saturated rings. The molecule has 82 valence electrons. The number of hydrogen-bond acceptors (Lipinski definition) is 5. The number of rotatable bonds is 2. The molecule has 1 heterocycles. The number of nitrogen functional groups attached to an aromatic ring is 1. The maximum atomic E-state index is 10.5. The van der Waals surface area contributed by atoms with Crippen LogP contribution in [0, 0.1) is 10.1 Å². The fraction of sp³-hybridized carbons (Fsp3) is 0.625. The van der Waals surface area contributed by atoms with Gasteiger partial charge < -0.3 is 10.8 Å². The summed E-state index contributed by atoms with van der Waals surface area (Å²) < 4.78 is 1.36. The minimum atomic E-state index is -0.569. The van der Waals surface area contributed by atoms with Crippen LogP contribution in [0.5, 0.6) is 0 Å². The van der Waals surface area contributed by atoms with Crippen LogP contribution >= 0.6 is 0 Å². The molecule has 0 spiro atoms. The van der Waals surface area contributed by atoms with Crippen LogP contribution in [0.1, 0.15) is 25.3 Å². The lowest BCUT2D eigenvalue weighted by atomic mass is 10.2. The van der Waals surface area contributed by atoms with Crippen LogP contribution in [0.15, 0.2) is 6.20 Å². The topological polar surface area (TPSA) is 107 Å². The SMILES string of the molecule is Nc1c([N+](=O)[O-])cnn1C1CCCC1O. The van der Waals surface area contributed by atoms with Crippen LogP contribution in [0.2, 0.25) is 0 Å². The zero-order chi connectivity index (χ0) is 11.0. The predicted molar refractivity (Wildman–Crippen MR) is 52.2 cm³/mol. The Morgan fingerprint density at radius 3 is 2.87 bits per heavy atom. The van der Waals surface area contributed by atoms with E-state index in [9.17, 15) is 15.2 Å². The van der Waals surface area contributed by atoms with Gasteiger partial charge in [-0.15, -0.1) is 0 Å². The summed E-state index contributed by atoms with van der Waals surface area (Å²) in [5.74, 6) is 0.0194. The zero-order valence-electron chi connectivity index (χ0n) is 8.04. The third-order valence-corrected chi connectivity index (χ3v) is 2.77. The molecule has 2 rings (SSSR count). The van der Waals surface area contributed by atoms with Crippen molar-refractivity contribution >= 4 is 11.5 Å². The van der Waals surface area contributed by atoms with Crippen LogP contribution in [-0.2, 0) is 0 Å². The smallest absolute Gasteiger partial charge is 0.330 e. The van der Waals surface area contributed by atoms with Crippen molar-refractivity contribution in [3.05, 3.63) is 16.3 Å². The molecule has 0 amide bonds. The molecule has 0 radical (unpaired) electrons. The van der Waals surface area contributed by atoms with Gasteiger partial charge in [0.1, 0.15) is 6.20 Å². The molecule has 1 aromatic heterocycles. The molecular weight excluding hydrogens is 200 g/mol. The summed E-state index contributed by atoms with van der Waals surface area (Å²) in [6, 6.07) is -0.223. The quantitative estimate of drug-likeness (QED) is 0.547. The number of hydrogen-bond donors (Lipinski definition) is 2. The first kappa shape index (κ1) is 9.91. The minimum Gasteiger partial charge on any atom is -0.391 e. The molecule has 7 nitrogen and oxygen atoms in total. The first-order valence-electron chi connectivity index (χ1n) is 4.76. The fourth-order valence-electron chi connectivity index (χ4n) is 1.97. The van der Waals surface area contributed by atoms with E-state index in [4.69, 9.17) is 5.73 Å². The zero-order valence-corrected chi connectivity index (χ0v) is 8.04. The molecule has 1 aliphatic carbocycles. The van der Waals surface area contributed by atoms with E-state index in [0.29, 0.717) is 6.42 Å². The van der Waals surface area contributed by atoms with E-state index in [2.05, 4.69) is 5.10 Å². The number of anilines is 1. The first-order chi connectivity index (χ1) is 7.11. The first-order valence-corrected chi connectivity index (χ1v) is 4.76. The molecule has 3 N–H and O–H groups in total. The number of aliphatic hydroxyl groups is 1. The Balaban J connectivity index is 2.33. The molecule has 0 bridgehead atoms. The van der Waals surface area contributed by atoms with Gasteiger partial charge in [0.2, 0.25) is 5.82 Å². The Morgan fingerprint density at radius 1 is 1.67 bits per heavy atom. The number of nitrogens with zero attached hydrogens (tertiary/aromatic N) is 3. The Bertz CT molecular complexity index is 389. The van der Waals surface area contributed by atoms with Crippen LogP contribution in [0.4, 0.5) is 11.5 Å². The van der Waals surface area contributed by atoms with Crippen molar-refractivity contribution in [2.24, 2.45) is 0 Å². The van der Waals surface area contributed by atoms with E-state index in [-0.39, 0.29) is 17.5 Å². The monoisotopic (exact) mass is 212 g/mol. The molecule has 15 heavy (non-hydrogen) atoms. The highest BCUT2D eigenvalue weighted by molar-refractivity contribution is 5.51. The second-order valence-electron chi connectivity index (χ2n) is 3.68. The highest BCUT2D eigenvalue weighted by Gasteiger charge is 2.31. The minimum absolute atomic E-state index is 0.0194. The summed E-state index contributed by atoms with van der Waals surface area (Å²) >= 11 is 0. The summed E-state index contributed by atoms with van der Waals surface area (Å²) in [5, 5.41) is 24.0. The highest BCUT2D eigenvalue weighted by atomic mass is 16.6. The van der Waals surface area contributed by atoms with Crippen LogP contribution in [0.25, 0.3) is 0 Å². The fourth-order valence-corrected chi connectivity index (χ4v) is 1.97. The standard InChI is InChI=1S/C8H12N4O3/c9-8-6(12(14)15)4-10-11(8)5-2-1-3-7(5)13/h4-5,7,13H,1-3,9H2. The van der Waals surface area contributed by atoms with E-state index in [1.54, 1.807) is 0 Å². The lowest BCUT2D eigenvalue weighted by Gasteiger charge is -2.15. The highest BCUT2D eigenvalue weighted by Crippen LogP contribution is 2.33. The summed E-state index contributed by atoms with van der Waals surface area (Å²) in [6.07, 6.45) is 2.95. The van der Waals surface area contributed by atoms with E-state index >= 15 is 0 Å². The van der Waals surface area contributed by atoms with Gasteiger partial charge in [-0.05, 0) is 19.3 Å². The van der Waals surface area contributed by atoms with Crippen molar-refractivity contribution in [1.29, 1.82) is 0 Å². The average molecular weight is 212 g/mol. The van der Waals surface area contributed by atoms with Crippen LogP contribution in [0.3, 0.4) is 0 Å². The van der Waals surface area contributed by atoms with Crippen LogP contribution in [-0.4, -0.2) is 25.9 Å². The van der Waals surface area contributed by atoms with Gasteiger partial charge in [0.15, 0.2) is 0 Å². The van der Waals surface area contributed by atoms with Crippen molar-refractivity contribution in [3.8, 4) is 0 Å². The Labute approximate surface area is 85.6 Å². The summed E-state index contributed by atoms with van der Waals surface area (Å²) in [6.45, 7) is 0. The lowest BCUT2D eigenvalue weighted by molar-refractivity contribution is -0.384. The molecule has 1 aliphatic rings. The number of aliphatic hydroxyl groups excluding tert-OH is 1. The van der Waals surface area contributed by atoms with E-state index in [0.717, 1.165) is 19.0 Å². The van der Waals surface area contributed by atoms with E-state index < -0.39 is 11.0 Å². The second kappa shape index (κ2) is 3.50. The predicted octanol–water partition coefficient (Wildman–Crippen LogP) is 0.459. The van der Waals surface area contributed by atoms with Crippen molar-refractivity contribution in [2.45, 2.75) is 31.4 Å². The number of aromatic nitrogens is 2. The van der Waals surface area contributed by atoms with Gasteiger partial charge >= 0.3 is 5.69 Å². The molecular formula is C8H12N4O3. The summed E-state index contributed by atoms with van der Waals surface area (Å²) in [4.78, 5) is 9.97. The molecule has 0 aromatic carbocycles. The number of nitrogens with two attached hydrogens (primary N) is 1. The van der Waals surface area contributed by atoms with Gasteiger partial charge in [0.05, 0.1) is 17.1 Å². The van der Waals surface area contributed by atoms with Gasteiger partial charge in [-0.2, -0.15) is 5.10 Å². The maximum absolute atomic E-state index is 10.5.